The largest absolute Gasteiger partial charge is 0.395 e. The number of hydrazine groups is 1. The fourth-order valence-corrected chi connectivity index (χ4v) is 2.02. The normalized spacial score (nSPS) is 11.2. The molecule has 0 fully saturated rings. The van der Waals surface area contributed by atoms with Gasteiger partial charge in [0.25, 0.3) is 0 Å². The monoisotopic (exact) mass is 281 g/mol. The van der Waals surface area contributed by atoms with Crippen molar-refractivity contribution in [3.63, 3.8) is 0 Å². The van der Waals surface area contributed by atoms with Gasteiger partial charge in [-0.2, -0.15) is 0 Å². The summed E-state index contributed by atoms with van der Waals surface area (Å²) in [7, 11) is 0. The van der Waals surface area contributed by atoms with Gasteiger partial charge in [-0.25, -0.2) is 5.01 Å². The second-order valence-corrected chi connectivity index (χ2v) is 4.50. The van der Waals surface area contributed by atoms with E-state index in [1.807, 2.05) is 12.1 Å². The minimum Gasteiger partial charge on any atom is -0.395 e. The molecule has 1 heterocycles. The van der Waals surface area contributed by atoms with Crippen molar-refractivity contribution in [3.05, 3.63) is 35.5 Å². The van der Waals surface area contributed by atoms with Crippen molar-refractivity contribution in [2.24, 2.45) is 0 Å². The Morgan fingerprint density at radius 3 is 2.58 bits per heavy atom. The van der Waals surface area contributed by atoms with Crippen molar-refractivity contribution in [1.82, 2.24) is 9.99 Å². The van der Waals surface area contributed by atoms with E-state index in [2.05, 4.69) is 10.4 Å². The van der Waals surface area contributed by atoms with Gasteiger partial charge in [-0.05, 0) is 24.3 Å². The lowest BCUT2D eigenvalue weighted by atomic mass is 10.2. The molecular formula is C13H16ClN3O2. The number of aliphatic hydroxyl groups is 2. The van der Waals surface area contributed by atoms with E-state index in [-0.39, 0.29) is 13.2 Å². The fourth-order valence-electron chi connectivity index (χ4n) is 1.85. The summed E-state index contributed by atoms with van der Waals surface area (Å²) in [6, 6.07) is 7.34. The molecule has 0 saturated carbocycles. The summed E-state index contributed by atoms with van der Waals surface area (Å²) in [5, 5.41) is 21.3. The van der Waals surface area contributed by atoms with E-state index in [0.717, 1.165) is 16.6 Å². The van der Waals surface area contributed by atoms with Crippen molar-refractivity contribution >= 4 is 28.2 Å². The van der Waals surface area contributed by atoms with E-state index in [4.69, 9.17) is 21.8 Å². The number of nitrogens with one attached hydrogen (secondary N) is 1. The average Bonchev–Trinajstić information content (AvgIpc) is 2.39. The summed E-state index contributed by atoms with van der Waals surface area (Å²) in [5.41, 5.74) is 4.83. The van der Waals surface area contributed by atoms with Crippen LogP contribution in [0.15, 0.2) is 30.5 Å². The number of benzene rings is 1. The maximum atomic E-state index is 9.00. The molecule has 5 nitrogen and oxygen atoms in total. The number of halogens is 1. The lowest BCUT2D eigenvalue weighted by Crippen LogP contribution is -2.35. The number of aromatic nitrogens is 1. The summed E-state index contributed by atoms with van der Waals surface area (Å²) in [4.78, 5) is 4.26. The Balaban J connectivity index is 2.28. The molecule has 1 aromatic carbocycles. The first kappa shape index (κ1) is 14.0. The molecule has 0 amide bonds. The van der Waals surface area contributed by atoms with Crippen LogP contribution in [0.3, 0.4) is 0 Å². The molecule has 19 heavy (non-hydrogen) atoms. The Morgan fingerprint density at radius 1 is 1.16 bits per heavy atom. The van der Waals surface area contributed by atoms with Gasteiger partial charge in [0.15, 0.2) is 0 Å². The van der Waals surface area contributed by atoms with Gasteiger partial charge in [0.05, 0.1) is 24.4 Å². The molecular weight excluding hydrogens is 266 g/mol. The highest BCUT2D eigenvalue weighted by molar-refractivity contribution is 6.31. The van der Waals surface area contributed by atoms with Crippen LogP contribution >= 0.6 is 11.6 Å². The van der Waals surface area contributed by atoms with Gasteiger partial charge in [-0.3, -0.25) is 4.98 Å². The molecule has 0 aliphatic rings. The molecule has 0 aliphatic heterocycles. The Labute approximate surface area is 116 Å². The van der Waals surface area contributed by atoms with E-state index in [0.29, 0.717) is 18.1 Å². The SMILES string of the molecule is OCCN(CCO)Nc1ccnc2cc(Cl)ccc12. The summed E-state index contributed by atoms with van der Waals surface area (Å²) in [5.74, 6) is 0. The highest BCUT2D eigenvalue weighted by Gasteiger charge is 2.07. The first-order valence-electron chi connectivity index (χ1n) is 6.02. The van der Waals surface area contributed by atoms with Gasteiger partial charge >= 0.3 is 0 Å². The summed E-state index contributed by atoms with van der Waals surface area (Å²) in [6.07, 6.45) is 1.69. The van der Waals surface area contributed by atoms with Gasteiger partial charge in [0, 0.05) is 29.7 Å². The zero-order valence-electron chi connectivity index (χ0n) is 10.4. The van der Waals surface area contributed by atoms with Crippen LogP contribution in [0.5, 0.6) is 0 Å². The highest BCUT2D eigenvalue weighted by Crippen LogP contribution is 2.24. The zero-order valence-corrected chi connectivity index (χ0v) is 11.1. The van der Waals surface area contributed by atoms with Crippen LogP contribution in [-0.4, -0.2) is 46.5 Å². The maximum Gasteiger partial charge on any atom is 0.0738 e. The first-order valence-corrected chi connectivity index (χ1v) is 6.40. The molecule has 0 unspecified atom stereocenters. The maximum absolute atomic E-state index is 9.00. The van der Waals surface area contributed by atoms with Crippen molar-refractivity contribution in [2.75, 3.05) is 31.7 Å². The van der Waals surface area contributed by atoms with Crippen molar-refractivity contribution < 1.29 is 10.2 Å². The molecule has 2 aromatic rings. The number of nitrogens with zero attached hydrogens (tertiary/aromatic N) is 2. The standard InChI is InChI=1S/C13H16ClN3O2/c14-10-1-2-11-12(3-4-15-13(11)9-10)16-17(5-7-18)6-8-19/h1-4,9,18-19H,5-8H2,(H,15,16). The highest BCUT2D eigenvalue weighted by atomic mass is 35.5. The van der Waals surface area contributed by atoms with E-state index >= 15 is 0 Å². The molecule has 0 saturated heterocycles. The van der Waals surface area contributed by atoms with Crippen LogP contribution in [0, 0.1) is 0 Å². The van der Waals surface area contributed by atoms with Gasteiger partial charge in [0.1, 0.15) is 0 Å². The number of anilines is 1. The molecule has 0 spiro atoms. The van der Waals surface area contributed by atoms with E-state index in [9.17, 15) is 0 Å². The van der Waals surface area contributed by atoms with Gasteiger partial charge in [-0.1, -0.05) is 11.6 Å². The lowest BCUT2D eigenvalue weighted by Gasteiger charge is -2.23. The number of pyridine rings is 1. The van der Waals surface area contributed by atoms with Crippen LogP contribution < -0.4 is 5.43 Å². The number of hydrogen-bond donors (Lipinski definition) is 3. The Hall–Kier alpha value is -1.40. The molecule has 1 aromatic heterocycles. The third-order valence-electron chi connectivity index (χ3n) is 2.72. The van der Waals surface area contributed by atoms with E-state index in [1.165, 1.54) is 0 Å². The van der Waals surface area contributed by atoms with Crippen molar-refractivity contribution in [2.45, 2.75) is 0 Å². The predicted molar refractivity (Wildman–Crippen MR) is 76.1 cm³/mol. The molecule has 2 rings (SSSR count). The predicted octanol–water partition coefficient (Wildman–Crippen LogP) is 1.50. The minimum atomic E-state index is 0.0157. The first-order chi connectivity index (χ1) is 9.24. The van der Waals surface area contributed by atoms with E-state index < -0.39 is 0 Å². The van der Waals surface area contributed by atoms with Crippen LogP contribution in [0.1, 0.15) is 0 Å². The fraction of sp³-hybridized carbons (Fsp3) is 0.308. The number of fused-ring (bicyclic) bond motifs is 1. The molecule has 3 N–H and O–H groups in total. The second kappa shape index (κ2) is 6.68. The zero-order chi connectivity index (χ0) is 13.7. The smallest absolute Gasteiger partial charge is 0.0738 e. The number of rotatable bonds is 6. The second-order valence-electron chi connectivity index (χ2n) is 4.07. The Bertz CT molecular complexity index is 544. The Morgan fingerprint density at radius 2 is 1.89 bits per heavy atom. The molecule has 0 aliphatic carbocycles. The number of aliphatic hydroxyl groups excluding tert-OH is 2. The summed E-state index contributed by atoms with van der Waals surface area (Å²) < 4.78 is 0. The summed E-state index contributed by atoms with van der Waals surface area (Å²) >= 11 is 5.94. The van der Waals surface area contributed by atoms with Crippen LogP contribution in [0.4, 0.5) is 5.69 Å². The van der Waals surface area contributed by atoms with Crippen molar-refractivity contribution in [1.29, 1.82) is 0 Å². The van der Waals surface area contributed by atoms with Crippen LogP contribution in [0.25, 0.3) is 10.9 Å². The molecule has 0 bridgehead atoms. The van der Waals surface area contributed by atoms with Gasteiger partial charge in [0.2, 0.25) is 0 Å². The lowest BCUT2D eigenvalue weighted by molar-refractivity contribution is 0.183. The quantitative estimate of drug-likeness (QED) is 0.700. The van der Waals surface area contributed by atoms with E-state index in [1.54, 1.807) is 23.3 Å². The Kier molecular flexibility index (Phi) is 4.93. The van der Waals surface area contributed by atoms with Crippen LogP contribution in [-0.2, 0) is 0 Å². The molecule has 6 heteroatoms. The third kappa shape index (κ3) is 3.54. The minimum absolute atomic E-state index is 0.0157. The molecule has 0 radical (unpaired) electrons. The third-order valence-corrected chi connectivity index (χ3v) is 2.96. The average molecular weight is 282 g/mol. The summed E-state index contributed by atoms with van der Waals surface area (Å²) in [6.45, 7) is 0.889. The van der Waals surface area contributed by atoms with Gasteiger partial charge in [-0.15, -0.1) is 0 Å². The number of hydrogen-bond acceptors (Lipinski definition) is 5. The van der Waals surface area contributed by atoms with Gasteiger partial charge < -0.3 is 15.6 Å². The molecule has 0 atom stereocenters. The topological polar surface area (TPSA) is 68.6 Å². The van der Waals surface area contributed by atoms with Crippen molar-refractivity contribution in [3.8, 4) is 0 Å². The van der Waals surface area contributed by atoms with Crippen LogP contribution in [0.2, 0.25) is 5.02 Å². The molecule has 102 valence electrons.